The van der Waals surface area contributed by atoms with Crippen molar-refractivity contribution in [3.63, 3.8) is 0 Å². The minimum Gasteiger partial charge on any atom is -0.462 e. The lowest BCUT2D eigenvalue weighted by Gasteiger charge is -2.26. The van der Waals surface area contributed by atoms with Gasteiger partial charge in [0, 0.05) is 0 Å². The largest absolute Gasteiger partial charge is 0.462 e. The van der Waals surface area contributed by atoms with Gasteiger partial charge in [-0.15, -0.1) is 0 Å². The lowest BCUT2D eigenvalue weighted by Crippen LogP contribution is -2.22. The van der Waals surface area contributed by atoms with E-state index in [0.717, 1.165) is 12.0 Å². The van der Waals surface area contributed by atoms with Gasteiger partial charge in [0.15, 0.2) is 0 Å². The van der Waals surface area contributed by atoms with E-state index in [0.29, 0.717) is 12.2 Å². The van der Waals surface area contributed by atoms with Gasteiger partial charge in [0.2, 0.25) is 0 Å². The monoisotopic (exact) mass is 282 g/mol. The molecule has 0 amide bonds. The van der Waals surface area contributed by atoms with Crippen LogP contribution < -0.4 is 0 Å². The van der Waals surface area contributed by atoms with Gasteiger partial charge >= 0.3 is 5.97 Å². The SMILES string of the molecule is CCOC(=O)c1ccccc1CC(C)(C)c1ccccc1. The minimum absolute atomic E-state index is 0.0378. The van der Waals surface area contributed by atoms with Crippen molar-refractivity contribution in [2.45, 2.75) is 32.6 Å². The Morgan fingerprint density at radius 1 is 1.00 bits per heavy atom. The summed E-state index contributed by atoms with van der Waals surface area (Å²) in [7, 11) is 0. The number of ether oxygens (including phenoxy) is 1. The summed E-state index contributed by atoms with van der Waals surface area (Å²) in [5, 5.41) is 0. The Hall–Kier alpha value is -2.09. The molecule has 0 saturated heterocycles. The molecule has 0 aromatic heterocycles. The molecule has 2 aromatic rings. The van der Waals surface area contributed by atoms with Crippen LogP contribution in [0.2, 0.25) is 0 Å². The van der Waals surface area contributed by atoms with E-state index in [1.54, 1.807) is 0 Å². The molecule has 0 unspecified atom stereocenters. The molecule has 0 saturated carbocycles. The summed E-state index contributed by atoms with van der Waals surface area (Å²) in [6.45, 7) is 6.62. The predicted octanol–water partition coefficient (Wildman–Crippen LogP) is 4.38. The molecule has 2 aromatic carbocycles. The standard InChI is InChI=1S/C19H22O2/c1-4-21-18(20)17-13-9-8-10-15(17)14-19(2,3)16-11-6-5-7-12-16/h5-13H,4,14H2,1-3H3. The zero-order chi connectivity index (χ0) is 15.3. The number of carbonyl (C=O) groups excluding carboxylic acids is 1. The average Bonchev–Trinajstić information content (AvgIpc) is 2.48. The van der Waals surface area contributed by atoms with E-state index in [-0.39, 0.29) is 11.4 Å². The predicted molar refractivity (Wildman–Crippen MR) is 85.6 cm³/mol. The second-order valence-corrected chi connectivity index (χ2v) is 5.80. The molecular formula is C19H22O2. The van der Waals surface area contributed by atoms with Crippen LogP contribution in [0.1, 0.15) is 42.3 Å². The zero-order valence-electron chi connectivity index (χ0n) is 12.9. The molecule has 0 aliphatic rings. The van der Waals surface area contributed by atoms with Gasteiger partial charge in [-0.25, -0.2) is 4.79 Å². The molecule has 21 heavy (non-hydrogen) atoms. The Bertz CT molecular complexity index is 600. The van der Waals surface area contributed by atoms with Gasteiger partial charge in [0.1, 0.15) is 0 Å². The molecule has 0 spiro atoms. The third-order valence-electron chi connectivity index (χ3n) is 3.70. The number of hydrogen-bond donors (Lipinski definition) is 0. The summed E-state index contributed by atoms with van der Waals surface area (Å²) >= 11 is 0. The van der Waals surface area contributed by atoms with Crippen molar-refractivity contribution < 1.29 is 9.53 Å². The number of rotatable bonds is 5. The quantitative estimate of drug-likeness (QED) is 0.761. The summed E-state index contributed by atoms with van der Waals surface area (Å²) in [4.78, 5) is 12.1. The summed E-state index contributed by atoms with van der Waals surface area (Å²) in [6.07, 6.45) is 0.798. The van der Waals surface area contributed by atoms with Crippen LogP contribution in [-0.4, -0.2) is 12.6 Å². The number of carbonyl (C=O) groups is 1. The molecule has 110 valence electrons. The molecule has 2 heteroatoms. The van der Waals surface area contributed by atoms with Gasteiger partial charge < -0.3 is 4.74 Å². The highest BCUT2D eigenvalue weighted by atomic mass is 16.5. The Morgan fingerprint density at radius 3 is 2.29 bits per heavy atom. The highest BCUT2D eigenvalue weighted by Gasteiger charge is 2.23. The smallest absolute Gasteiger partial charge is 0.338 e. The van der Waals surface area contributed by atoms with Crippen LogP contribution in [0.5, 0.6) is 0 Å². The first kappa shape index (κ1) is 15.3. The number of esters is 1. The highest BCUT2D eigenvalue weighted by Crippen LogP contribution is 2.29. The van der Waals surface area contributed by atoms with Crippen LogP contribution in [0.4, 0.5) is 0 Å². The van der Waals surface area contributed by atoms with Crippen LogP contribution in [0.25, 0.3) is 0 Å². The third-order valence-corrected chi connectivity index (χ3v) is 3.70. The summed E-state index contributed by atoms with van der Waals surface area (Å²) < 4.78 is 5.15. The molecule has 0 heterocycles. The normalized spacial score (nSPS) is 11.2. The van der Waals surface area contributed by atoms with E-state index < -0.39 is 0 Å². The maximum absolute atomic E-state index is 12.1. The molecule has 0 radical (unpaired) electrons. The second-order valence-electron chi connectivity index (χ2n) is 5.80. The van der Waals surface area contributed by atoms with Crippen molar-refractivity contribution in [3.8, 4) is 0 Å². The molecule has 0 N–H and O–H groups in total. The van der Waals surface area contributed by atoms with Crippen molar-refractivity contribution in [1.29, 1.82) is 0 Å². The van der Waals surface area contributed by atoms with Crippen LogP contribution in [0.3, 0.4) is 0 Å². The highest BCUT2D eigenvalue weighted by molar-refractivity contribution is 5.91. The second kappa shape index (κ2) is 6.57. The Morgan fingerprint density at radius 2 is 1.62 bits per heavy atom. The lowest BCUT2D eigenvalue weighted by molar-refractivity contribution is 0.0525. The van der Waals surface area contributed by atoms with Gasteiger partial charge in [-0.3, -0.25) is 0 Å². The molecular weight excluding hydrogens is 260 g/mol. The first-order chi connectivity index (χ1) is 10.0. The van der Waals surface area contributed by atoms with E-state index in [1.165, 1.54) is 5.56 Å². The fraction of sp³-hybridized carbons (Fsp3) is 0.316. The van der Waals surface area contributed by atoms with Crippen molar-refractivity contribution in [3.05, 3.63) is 71.3 Å². The van der Waals surface area contributed by atoms with Crippen molar-refractivity contribution in [1.82, 2.24) is 0 Å². The van der Waals surface area contributed by atoms with Crippen molar-refractivity contribution in [2.24, 2.45) is 0 Å². The summed E-state index contributed by atoms with van der Waals surface area (Å²) in [5.74, 6) is -0.239. The van der Waals surface area contributed by atoms with E-state index in [4.69, 9.17) is 4.74 Å². The molecule has 0 aliphatic carbocycles. The molecule has 0 atom stereocenters. The Labute approximate surface area is 126 Å². The average molecular weight is 282 g/mol. The summed E-state index contributed by atoms with van der Waals surface area (Å²) in [6, 6.07) is 18.1. The van der Waals surface area contributed by atoms with Crippen LogP contribution >= 0.6 is 0 Å². The maximum atomic E-state index is 12.1. The third kappa shape index (κ3) is 3.72. The first-order valence-electron chi connectivity index (χ1n) is 7.35. The Balaban J connectivity index is 2.29. The van der Waals surface area contributed by atoms with Gasteiger partial charge in [-0.1, -0.05) is 62.4 Å². The van der Waals surface area contributed by atoms with E-state index >= 15 is 0 Å². The van der Waals surface area contributed by atoms with Crippen molar-refractivity contribution >= 4 is 5.97 Å². The van der Waals surface area contributed by atoms with Crippen LogP contribution in [0, 0.1) is 0 Å². The molecule has 0 bridgehead atoms. The fourth-order valence-electron chi connectivity index (χ4n) is 2.55. The molecule has 0 aliphatic heterocycles. The van der Waals surface area contributed by atoms with Gasteiger partial charge in [-0.05, 0) is 36.0 Å². The van der Waals surface area contributed by atoms with Crippen molar-refractivity contribution in [2.75, 3.05) is 6.61 Å². The van der Waals surface area contributed by atoms with Gasteiger partial charge in [0.05, 0.1) is 12.2 Å². The minimum atomic E-state index is -0.239. The van der Waals surface area contributed by atoms with E-state index in [1.807, 2.05) is 49.4 Å². The first-order valence-corrected chi connectivity index (χ1v) is 7.35. The van der Waals surface area contributed by atoms with E-state index in [9.17, 15) is 4.79 Å². The van der Waals surface area contributed by atoms with Crippen LogP contribution in [0.15, 0.2) is 54.6 Å². The Kier molecular flexibility index (Phi) is 4.79. The molecule has 2 nitrogen and oxygen atoms in total. The topological polar surface area (TPSA) is 26.3 Å². The van der Waals surface area contributed by atoms with E-state index in [2.05, 4.69) is 26.0 Å². The lowest BCUT2D eigenvalue weighted by atomic mass is 9.78. The van der Waals surface area contributed by atoms with Gasteiger partial charge in [0.25, 0.3) is 0 Å². The number of hydrogen-bond acceptors (Lipinski definition) is 2. The van der Waals surface area contributed by atoms with Gasteiger partial charge in [-0.2, -0.15) is 0 Å². The fourth-order valence-corrected chi connectivity index (χ4v) is 2.55. The summed E-state index contributed by atoms with van der Waals surface area (Å²) in [5.41, 5.74) is 2.93. The molecule has 0 fully saturated rings. The maximum Gasteiger partial charge on any atom is 0.338 e. The van der Waals surface area contributed by atoms with Crippen LogP contribution in [-0.2, 0) is 16.6 Å². The zero-order valence-corrected chi connectivity index (χ0v) is 12.9. The molecule has 2 rings (SSSR count). The number of benzene rings is 2.